The molecular formula is C29H34N4O5S. The van der Waals surface area contributed by atoms with Crippen LogP contribution in [-0.4, -0.2) is 49.2 Å². The minimum atomic E-state index is -3.26. The minimum Gasteiger partial charge on any atom is -0.462 e. The monoisotopic (exact) mass is 550 g/mol. The van der Waals surface area contributed by atoms with Gasteiger partial charge in [-0.15, -0.1) is 0 Å². The van der Waals surface area contributed by atoms with Crippen molar-refractivity contribution in [3.8, 4) is 0 Å². The lowest BCUT2D eigenvalue weighted by molar-refractivity contribution is 0.0525. The van der Waals surface area contributed by atoms with Crippen molar-refractivity contribution in [2.24, 2.45) is 5.92 Å². The predicted molar refractivity (Wildman–Crippen MR) is 148 cm³/mol. The molecule has 0 saturated heterocycles. The van der Waals surface area contributed by atoms with Crippen LogP contribution >= 0.6 is 0 Å². The third-order valence-electron chi connectivity index (χ3n) is 6.83. The van der Waals surface area contributed by atoms with Gasteiger partial charge in [-0.3, -0.25) is 4.79 Å². The van der Waals surface area contributed by atoms with Crippen LogP contribution < -0.4 is 10.2 Å². The Hall–Kier alpha value is -3.79. The molecular weight excluding hydrogens is 516 g/mol. The molecule has 0 fully saturated rings. The van der Waals surface area contributed by atoms with Gasteiger partial charge in [-0.2, -0.15) is 0 Å². The van der Waals surface area contributed by atoms with E-state index in [1.807, 2.05) is 18.2 Å². The number of sulfone groups is 1. The summed E-state index contributed by atoms with van der Waals surface area (Å²) in [5.41, 5.74) is 3.94. The van der Waals surface area contributed by atoms with Crippen LogP contribution in [0.25, 0.3) is 0 Å². The summed E-state index contributed by atoms with van der Waals surface area (Å²) < 4.78 is 29.0. The Kier molecular flexibility index (Phi) is 8.64. The Bertz CT molecular complexity index is 1440. The first-order valence-electron chi connectivity index (χ1n) is 13.1. The molecule has 0 radical (unpaired) electrons. The fraction of sp³-hybridized carbons (Fsp3) is 0.379. The van der Waals surface area contributed by atoms with E-state index in [2.05, 4.69) is 34.0 Å². The van der Waals surface area contributed by atoms with E-state index in [-0.39, 0.29) is 35.1 Å². The molecule has 0 unspecified atom stereocenters. The van der Waals surface area contributed by atoms with Gasteiger partial charge in [0.05, 0.1) is 28.9 Å². The molecule has 1 amide bonds. The molecule has 10 heteroatoms. The molecule has 206 valence electrons. The molecule has 1 atom stereocenters. The Morgan fingerprint density at radius 1 is 1.05 bits per heavy atom. The van der Waals surface area contributed by atoms with Gasteiger partial charge in [0.2, 0.25) is 5.95 Å². The van der Waals surface area contributed by atoms with E-state index in [1.165, 1.54) is 12.4 Å². The van der Waals surface area contributed by atoms with Gasteiger partial charge < -0.3 is 15.0 Å². The molecule has 0 bridgehead atoms. The summed E-state index contributed by atoms with van der Waals surface area (Å²) in [4.78, 5) is 36.2. The molecule has 1 aromatic heterocycles. The van der Waals surface area contributed by atoms with Crippen molar-refractivity contribution in [3.63, 3.8) is 0 Å². The highest BCUT2D eigenvalue weighted by atomic mass is 32.2. The minimum absolute atomic E-state index is 0.0113. The van der Waals surface area contributed by atoms with Crippen LogP contribution in [0.1, 0.15) is 71.1 Å². The van der Waals surface area contributed by atoms with Crippen molar-refractivity contribution in [1.82, 2.24) is 15.3 Å². The number of fused-ring (bicyclic) bond motifs is 1. The summed E-state index contributed by atoms with van der Waals surface area (Å²) in [6.45, 7) is 8.90. The summed E-state index contributed by atoms with van der Waals surface area (Å²) in [6, 6.07) is 12.4. The van der Waals surface area contributed by atoms with Crippen molar-refractivity contribution in [1.29, 1.82) is 0 Å². The van der Waals surface area contributed by atoms with E-state index < -0.39 is 15.8 Å². The zero-order valence-electron chi connectivity index (χ0n) is 22.7. The van der Waals surface area contributed by atoms with Crippen LogP contribution in [-0.2, 0) is 27.5 Å². The SMILES string of the molecule is CCOC(=O)c1cnc(N2CCc3cc(C(=O)NCc4ccc(S(=O)(=O)CC)cc4)ccc3[C@@H]2C(C)C)nc1. The van der Waals surface area contributed by atoms with E-state index in [0.29, 0.717) is 30.2 Å². The van der Waals surface area contributed by atoms with Gasteiger partial charge in [-0.25, -0.2) is 23.2 Å². The Morgan fingerprint density at radius 3 is 2.36 bits per heavy atom. The van der Waals surface area contributed by atoms with Crippen LogP contribution in [0.3, 0.4) is 0 Å². The largest absolute Gasteiger partial charge is 0.462 e. The quantitative estimate of drug-likeness (QED) is 0.395. The fourth-order valence-corrected chi connectivity index (χ4v) is 5.68. The predicted octanol–water partition coefficient (Wildman–Crippen LogP) is 4.14. The summed E-state index contributed by atoms with van der Waals surface area (Å²) in [5.74, 6) is 0.208. The van der Waals surface area contributed by atoms with E-state index >= 15 is 0 Å². The molecule has 1 N–H and O–H groups in total. The number of hydrogen-bond donors (Lipinski definition) is 1. The first-order valence-corrected chi connectivity index (χ1v) is 14.8. The molecule has 39 heavy (non-hydrogen) atoms. The normalized spacial score (nSPS) is 15.1. The molecule has 2 aromatic carbocycles. The third-order valence-corrected chi connectivity index (χ3v) is 8.59. The lowest BCUT2D eigenvalue weighted by atomic mass is 9.85. The molecule has 3 aromatic rings. The van der Waals surface area contributed by atoms with Gasteiger partial charge in [0.1, 0.15) is 0 Å². The zero-order valence-corrected chi connectivity index (χ0v) is 23.5. The number of benzene rings is 2. The van der Waals surface area contributed by atoms with Crippen LogP contribution in [0.5, 0.6) is 0 Å². The lowest BCUT2D eigenvalue weighted by Crippen LogP contribution is -2.39. The molecule has 2 heterocycles. The number of nitrogens with zero attached hydrogens (tertiary/aromatic N) is 3. The van der Waals surface area contributed by atoms with Gasteiger partial charge in [-0.1, -0.05) is 39.0 Å². The number of ether oxygens (including phenoxy) is 1. The molecule has 1 aliphatic rings. The third kappa shape index (κ3) is 6.27. The molecule has 0 spiro atoms. The highest BCUT2D eigenvalue weighted by molar-refractivity contribution is 7.91. The molecule has 0 saturated carbocycles. The van der Waals surface area contributed by atoms with Gasteiger partial charge in [0.25, 0.3) is 5.91 Å². The standard InChI is InChI=1S/C29H34N4O5S/c1-5-38-28(35)23-17-31-29(32-18-23)33-14-13-21-15-22(9-12-25(21)26(33)19(3)4)27(34)30-16-20-7-10-24(11-8-20)39(36,37)6-2/h7-12,15,17-19,26H,5-6,13-14,16H2,1-4H3,(H,30,34)/t26-/m0/s1. The van der Waals surface area contributed by atoms with Crippen LogP contribution in [0.4, 0.5) is 5.95 Å². The average molecular weight is 551 g/mol. The van der Waals surface area contributed by atoms with Gasteiger partial charge in [0.15, 0.2) is 9.84 Å². The molecule has 1 aliphatic heterocycles. The van der Waals surface area contributed by atoms with Gasteiger partial charge in [0, 0.05) is 31.0 Å². The summed E-state index contributed by atoms with van der Waals surface area (Å²) in [7, 11) is -3.26. The van der Waals surface area contributed by atoms with Crippen LogP contribution in [0, 0.1) is 5.92 Å². The van der Waals surface area contributed by atoms with E-state index in [1.54, 1.807) is 38.1 Å². The van der Waals surface area contributed by atoms with Crippen molar-refractivity contribution in [2.75, 3.05) is 23.8 Å². The van der Waals surface area contributed by atoms with E-state index in [0.717, 1.165) is 23.1 Å². The lowest BCUT2D eigenvalue weighted by Gasteiger charge is -2.40. The Morgan fingerprint density at radius 2 is 1.74 bits per heavy atom. The van der Waals surface area contributed by atoms with Crippen LogP contribution in [0.2, 0.25) is 0 Å². The highest BCUT2D eigenvalue weighted by Gasteiger charge is 2.32. The number of rotatable bonds is 9. The van der Waals surface area contributed by atoms with Gasteiger partial charge in [-0.05, 0) is 60.2 Å². The highest BCUT2D eigenvalue weighted by Crippen LogP contribution is 2.37. The van der Waals surface area contributed by atoms with Gasteiger partial charge >= 0.3 is 5.97 Å². The molecule has 9 nitrogen and oxygen atoms in total. The second-order valence-corrected chi connectivity index (χ2v) is 12.0. The number of nitrogens with one attached hydrogen (secondary N) is 1. The first-order chi connectivity index (χ1) is 18.6. The average Bonchev–Trinajstić information content (AvgIpc) is 2.95. The first kappa shape index (κ1) is 28.2. The Balaban J connectivity index is 1.47. The number of hydrogen-bond acceptors (Lipinski definition) is 8. The fourth-order valence-electron chi connectivity index (χ4n) is 4.80. The maximum absolute atomic E-state index is 12.9. The van der Waals surface area contributed by atoms with Crippen molar-refractivity contribution >= 4 is 27.7 Å². The number of esters is 1. The molecule has 0 aliphatic carbocycles. The number of aromatic nitrogens is 2. The van der Waals surface area contributed by atoms with E-state index in [9.17, 15) is 18.0 Å². The van der Waals surface area contributed by atoms with Crippen molar-refractivity contribution < 1.29 is 22.7 Å². The smallest absolute Gasteiger partial charge is 0.341 e. The number of anilines is 1. The maximum atomic E-state index is 12.9. The van der Waals surface area contributed by atoms with Crippen molar-refractivity contribution in [3.05, 3.63) is 82.7 Å². The number of carbonyl (C=O) groups is 2. The maximum Gasteiger partial charge on any atom is 0.341 e. The topological polar surface area (TPSA) is 119 Å². The van der Waals surface area contributed by atoms with Crippen molar-refractivity contribution in [2.45, 2.75) is 51.6 Å². The molecule has 4 rings (SSSR count). The summed E-state index contributed by atoms with van der Waals surface area (Å²) in [6.07, 6.45) is 3.71. The summed E-state index contributed by atoms with van der Waals surface area (Å²) >= 11 is 0. The van der Waals surface area contributed by atoms with Crippen LogP contribution in [0.15, 0.2) is 59.8 Å². The number of amides is 1. The Labute approximate surface area is 229 Å². The zero-order chi connectivity index (χ0) is 28.2. The van der Waals surface area contributed by atoms with E-state index in [4.69, 9.17) is 4.74 Å². The number of carbonyl (C=O) groups excluding carboxylic acids is 2. The summed E-state index contributed by atoms with van der Waals surface area (Å²) in [5, 5.41) is 2.93. The second-order valence-electron chi connectivity index (χ2n) is 9.77. The second kappa shape index (κ2) is 11.9.